The van der Waals surface area contributed by atoms with Crippen LogP contribution in [0.4, 0.5) is 0 Å². The van der Waals surface area contributed by atoms with Gasteiger partial charge in [-0.2, -0.15) is 0 Å². The third-order valence-corrected chi connectivity index (χ3v) is 1.63. The topological polar surface area (TPSA) is 49.7 Å². The maximum absolute atomic E-state index is 7.34. The van der Waals surface area contributed by atoms with Gasteiger partial charge < -0.3 is 15.5 Å². The molecule has 3 nitrogen and oxygen atoms in total. The third-order valence-electron chi connectivity index (χ3n) is 0.890. The minimum absolute atomic E-state index is 0.352. The van der Waals surface area contributed by atoms with Gasteiger partial charge in [-0.1, -0.05) is 0 Å². The van der Waals surface area contributed by atoms with Gasteiger partial charge in [0.2, 0.25) is 0 Å². The maximum Gasteiger partial charge on any atom is 0.109 e. The van der Waals surface area contributed by atoms with E-state index in [0.29, 0.717) is 12.3 Å². The molecule has 0 heterocycles. The summed E-state index contributed by atoms with van der Waals surface area (Å²) in [4.78, 5) is 0. The van der Waals surface area contributed by atoms with Gasteiger partial charge in [0, 0.05) is 7.11 Å². The van der Waals surface area contributed by atoms with Crippen LogP contribution in [-0.4, -0.2) is 26.5 Å². The number of nitrogens with one attached hydrogen (secondary N) is 1. The van der Waals surface area contributed by atoms with Crippen molar-refractivity contribution in [3.63, 3.8) is 0 Å². The first kappa shape index (κ1) is 9.81. The predicted molar refractivity (Wildman–Crippen MR) is 44.5 cm³/mol. The van der Waals surface area contributed by atoms with Gasteiger partial charge in [0.15, 0.2) is 0 Å². The van der Waals surface area contributed by atoms with E-state index in [-0.39, 0.29) is 0 Å². The summed E-state index contributed by atoms with van der Waals surface area (Å²) in [5.41, 5.74) is 0.459. The molecule has 0 aromatic carbocycles. The second-order valence-corrected chi connectivity index (χ2v) is 2.61. The first-order valence-corrected chi connectivity index (χ1v) is 3.73. The Morgan fingerprint density at radius 1 is 1.80 bits per heavy atom. The first-order valence-electron chi connectivity index (χ1n) is 2.94. The van der Waals surface area contributed by atoms with E-state index in [1.165, 1.54) is 0 Å². The summed E-state index contributed by atoms with van der Waals surface area (Å²) >= 11 is 3.23. The first-order chi connectivity index (χ1) is 4.72. The zero-order valence-electron chi connectivity index (χ0n) is 6.15. The van der Waals surface area contributed by atoms with E-state index in [1.54, 1.807) is 7.11 Å². The summed E-state index contributed by atoms with van der Waals surface area (Å²) in [6.07, 6.45) is 1.82. The monoisotopic (exact) mass is 207 g/mol. The average Bonchev–Trinajstić information content (AvgIpc) is 1.89. The lowest BCUT2D eigenvalue weighted by atomic mass is 10.4. The summed E-state index contributed by atoms with van der Waals surface area (Å²) in [5, 5.41) is 9.21. The van der Waals surface area contributed by atoms with Crippen LogP contribution in [0.15, 0.2) is 10.7 Å². The van der Waals surface area contributed by atoms with Crippen molar-refractivity contribution in [1.29, 1.82) is 5.41 Å². The molecule has 0 rings (SSSR count). The van der Waals surface area contributed by atoms with Crippen molar-refractivity contribution < 1.29 is 10.1 Å². The Balaban J connectivity index is 3.82. The largest absolute Gasteiger partial charge is 0.378 e. The van der Waals surface area contributed by atoms with Gasteiger partial charge >= 0.3 is 0 Å². The van der Waals surface area contributed by atoms with Crippen LogP contribution in [0.2, 0.25) is 0 Å². The smallest absolute Gasteiger partial charge is 0.109 e. The number of nitrogens with two attached hydrogens (primary N) is 1. The van der Waals surface area contributed by atoms with E-state index in [2.05, 4.69) is 15.9 Å². The van der Waals surface area contributed by atoms with Crippen LogP contribution < -0.4 is 5.32 Å². The fraction of sp³-hybridized carbons (Fsp3) is 0.500. The molecule has 10 heavy (non-hydrogen) atoms. The van der Waals surface area contributed by atoms with Crippen molar-refractivity contribution >= 4 is 21.6 Å². The van der Waals surface area contributed by atoms with Crippen LogP contribution in [0.25, 0.3) is 0 Å². The second kappa shape index (κ2) is 5.58. The molecule has 58 valence electrons. The second-order valence-electron chi connectivity index (χ2n) is 1.76. The highest BCUT2D eigenvalue weighted by Crippen LogP contribution is 2.03. The van der Waals surface area contributed by atoms with E-state index in [1.807, 2.05) is 18.6 Å². The number of hydrogen-bond donors (Lipinski definition) is 2. The molecule has 0 aliphatic carbocycles. The van der Waals surface area contributed by atoms with Crippen LogP contribution in [0.3, 0.4) is 0 Å². The highest BCUT2D eigenvalue weighted by Gasteiger charge is 2.00. The standard InChI is InChI=1S/C6H11BrN2O/c1-9-3-5(7)6(8)4-10-2/h3,8-9H,4H2,1-2H3/p+1/b5-3+,8-6?. The maximum atomic E-state index is 7.34. The van der Waals surface area contributed by atoms with Gasteiger partial charge in [-0.15, -0.1) is 0 Å². The van der Waals surface area contributed by atoms with Gasteiger partial charge in [-0.05, 0) is 15.9 Å². The lowest BCUT2D eigenvalue weighted by molar-refractivity contribution is -0.556. The van der Waals surface area contributed by atoms with Crippen LogP contribution in [0, 0.1) is 5.41 Å². The minimum Gasteiger partial charge on any atom is -0.378 e. The lowest BCUT2D eigenvalue weighted by Crippen LogP contribution is -2.73. The van der Waals surface area contributed by atoms with E-state index in [4.69, 9.17) is 10.1 Å². The van der Waals surface area contributed by atoms with E-state index in [9.17, 15) is 0 Å². The van der Waals surface area contributed by atoms with E-state index < -0.39 is 0 Å². The summed E-state index contributed by atoms with van der Waals surface area (Å²) < 4.78 is 5.54. The van der Waals surface area contributed by atoms with Gasteiger partial charge in [0.25, 0.3) is 0 Å². The average molecular weight is 208 g/mol. The molecule has 0 aliphatic rings. The molecule has 0 spiro atoms. The molecule has 0 fully saturated rings. The molecular weight excluding hydrogens is 196 g/mol. The van der Waals surface area contributed by atoms with Crippen LogP contribution in [-0.2, 0) is 4.74 Å². The molecule has 0 saturated carbocycles. The minimum atomic E-state index is 0.352. The molecule has 0 saturated heterocycles. The van der Waals surface area contributed by atoms with Crippen molar-refractivity contribution in [3.8, 4) is 0 Å². The molecule has 0 atom stereocenters. The quantitative estimate of drug-likeness (QED) is 0.631. The summed E-state index contributed by atoms with van der Waals surface area (Å²) in [6.45, 7) is 0.352. The van der Waals surface area contributed by atoms with Crippen molar-refractivity contribution in [1.82, 2.24) is 0 Å². The Morgan fingerprint density at radius 2 is 2.40 bits per heavy atom. The molecule has 0 radical (unpaired) electrons. The number of hydrogen-bond acceptors (Lipinski definition) is 2. The summed E-state index contributed by atoms with van der Waals surface area (Å²) in [5.74, 6) is 0. The Bertz CT molecular complexity index is 145. The van der Waals surface area contributed by atoms with Crippen molar-refractivity contribution in [2.75, 3.05) is 20.8 Å². The normalized spacial score (nSPS) is 11.7. The zero-order chi connectivity index (χ0) is 7.98. The highest BCUT2D eigenvalue weighted by molar-refractivity contribution is 9.12. The Labute approximate surface area is 69.1 Å². The predicted octanol–water partition coefficient (Wildman–Crippen LogP) is 0.0821. The van der Waals surface area contributed by atoms with Crippen LogP contribution in [0.5, 0.6) is 0 Å². The van der Waals surface area contributed by atoms with Crippen molar-refractivity contribution in [3.05, 3.63) is 10.7 Å². The number of rotatable bonds is 4. The van der Waals surface area contributed by atoms with E-state index >= 15 is 0 Å². The molecule has 0 unspecified atom stereocenters. The molecule has 4 heteroatoms. The number of quaternary nitrogens is 1. The van der Waals surface area contributed by atoms with Crippen molar-refractivity contribution in [2.45, 2.75) is 0 Å². The van der Waals surface area contributed by atoms with Gasteiger partial charge in [0.05, 0.1) is 23.8 Å². The molecule has 0 bridgehead atoms. The van der Waals surface area contributed by atoms with Gasteiger partial charge in [0.1, 0.15) is 6.20 Å². The molecule has 0 aromatic rings. The Kier molecular flexibility index (Phi) is 5.48. The molecule has 3 N–H and O–H groups in total. The molecular formula is C6H12BrN2O+. The fourth-order valence-corrected chi connectivity index (χ4v) is 0.839. The lowest BCUT2D eigenvalue weighted by Gasteiger charge is -1.97. The summed E-state index contributed by atoms with van der Waals surface area (Å²) in [6, 6.07) is 0. The van der Waals surface area contributed by atoms with Crippen LogP contribution in [0.1, 0.15) is 0 Å². The SMILES string of the molecule is C[NH2+]/C=C(/Br)C(=N)COC. The number of ether oxygens (including phenoxy) is 1. The highest BCUT2D eigenvalue weighted by atomic mass is 79.9. The number of halogens is 1. The fourth-order valence-electron chi connectivity index (χ4n) is 0.460. The number of methoxy groups -OCH3 is 1. The van der Waals surface area contributed by atoms with Crippen LogP contribution >= 0.6 is 15.9 Å². The van der Waals surface area contributed by atoms with Gasteiger partial charge in [-0.3, -0.25) is 0 Å². The molecule has 0 aliphatic heterocycles. The Morgan fingerprint density at radius 3 is 2.80 bits per heavy atom. The molecule has 0 amide bonds. The molecule has 0 aromatic heterocycles. The zero-order valence-corrected chi connectivity index (χ0v) is 7.73. The summed E-state index contributed by atoms with van der Waals surface area (Å²) in [7, 11) is 3.48. The Hall–Kier alpha value is -0.190. The third kappa shape index (κ3) is 3.76. The van der Waals surface area contributed by atoms with E-state index in [0.717, 1.165) is 4.48 Å². The van der Waals surface area contributed by atoms with Crippen molar-refractivity contribution in [2.24, 2.45) is 0 Å². The van der Waals surface area contributed by atoms with Gasteiger partial charge in [-0.25, -0.2) is 0 Å².